The topological polar surface area (TPSA) is 77.9 Å². The Labute approximate surface area is 200 Å². The number of ether oxygens (including phenoxy) is 2. The van der Waals surface area contributed by atoms with Crippen molar-refractivity contribution in [1.29, 1.82) is 0 Å². The summed E-state index contributed by atoms with van der Waals surface area (Å²) in [5.41, 5.74) is 11.8. The van der Waals surface area contributed by atoms with Gasteiger partial charge in [0.2, 0.25) is 5.95 Å². The number of hydrogen-bond acceptors (Lipinski definition) is 6. The van der Waals surface area contributed by atoms with Crippen LogP contribution in [-0.4, -0.2) is 53.4 Å². The average Bonchev–Trinajstić information content (AvgIpc) is 3.28. The Balaban J connectivity index is 1.66. The third-order valence-electron chi connectivity index (χ3n) is 7.06. The van der Waals surface area contributed by atoms with Gasteiger partial charge in [-0.25, -0.2) is 9.50 Å². The molecule has 5 rings (SSSR count). The second-order valence-corrected chi connectivity index (χ2v) is 9.01. The first kappa shape index (κ1) is 22.2. The fourth-order valence-electron chi connectivity index (χ4n) is 5.13. The van der Waals surface area contributed by atoms with Crippen molar-refractivity contribution >= 4 is 11.5 Å². The number of para-hydroxylation sites is 2. The maximum Gasteiger partial charge on any atom is 0.239 e. The number of rotatable bonds is 5. The largest absolute Gasteiger partial charge is 0.496 e. The summed E-state index contributed by atoms with van der Waals surface area (Å²) in [7, 11) is 5.60. The van der Waals surface area contributed by atoms with E-state index in [1.165, 1.54) is 5.56 Å². The number of anilines is 1. The summed E-state index contributed by atoms with van der Waals surface area (Å²) < 4.78 is 13.5. The molecule has 3 heterocycles. The zero-order chi connectivity index (χ0) is 23.8. The predicted octanol–water partition coefficient (Wildman–Crippen LogP) is 4.86. The summed E-state index contributed by atoms with van der Waals surface area (Å²) in [5.74, 6) is 2.28. The molecule has 1 aliphatic rings. The minimum absolute atomic E-state index is 0.204. The third-order valence-corrected chi connectivity index (χ3v) is 7.06. The van der Waals surface area contributed by atoms with Crippen LogP contribution in [0.1, 0.15) is 31.2 Å². The molecule has 2 aromatic heterocycles. The molecule has 2 atom stereocenters. The van der Waals surface area contributed by atoms with E-state index in [9.17, 15) is 0 Å². The summed E-state index contributed by atoms with van der Waals surface area (Å²) >= 11 is 0. The molecule has 0 saturated carbocycles. The van der Waals surface area contributed by atoms with Crippen LogP contribution in [-0.2, 0) is 0 Å². The van der Waals surface area contributed by atoms with Crippen molar-refractivity contribution in [2.75, 3.05) is 33.5 Å². The van der Waals surface area contributed by atoms with Crippen LogP contribution in [0.25, 0.3) is 28.0 Å². The highest BCUT2D eigenvalue weighted by Gasteiger charge is 2.28. The highest BCUT2D eigenvalue weighted by Crippen LogP contribution is 2.42. The SMILES string of the molecule is COc1ccccc1-c1ccc2c(-c3cccc(C4CCN(C)C(C)C4)c3OC)nc(N)nn12. The molecule has 176 valence electrons. The van der Waals surface area contributed by atoms with Crippen LogP contribution in [0, 0.1) is 0 Å². The van der Waals surface area contributed by atoms with Gasteiger partial charge in [-0.1, -0.05) is 24.3 Å². The number of likely N-dealkylation sites (tertiary alicyclic amines) is 1. The van der Waals surface area contributed by atoms with Gasteiger partial charge in [-0.05, 0) is 75.2 Å². The fraction of sp³-hybridized carbons (Fsp3) is 0.333. The maximum absolute atomic E-state index is 6.22. The number of piperidine rings is 1. The molecule has 0 amide bonds. The van der Waals surface area contributed by atoms with Crippen molar-refractivity contribution in [3.8, 4) is 34.0 Å². The van der Waals surface area contributed by atoms with E-state index >= 15 is 0 Å². The normalized spacial score (nSPS) is 18.8. The molecule has 1 saturated heterocycles. The number of benzene rings is 2. The lowest BCUT2D eigenvalue weighted by molar-refractivity contribution is 0.181. The van der Waals surface area contributed by atoms with Gasteiger partial charge in [-0.3, -0.25) is 0 Å². The standard InChI is InChI=1S/C27H31N5O2/c1-17-16-18(14-15-31(17)2)19-9-7-10-21(26(19)34-4)25-23-13-12-22(32(23)30-27(28)29-25)20-8-5-6-11-24(20)33-3/h5-13,17-18H,14-16H2,1-4H3,(H2,28,30). The third kappa shape index (κ3) is 3.76. The minimum Gasteiger partial charge on any atom is -0.496 e. The number of aromatic nitrogens is 3. The maximum atomic E-state index is 6.22. The number of hydrogen-bond donors (Lipinski definition) is 1. The quantitative estimate of drug-likeness (QED) is 0.461. The van der Waals surface area contributed by atoms with Gasteiger partial charge >= 0.3 is 0 Å². The monoisotopic (exact) mass is 457 g/mol. The second kappa shape index (κ2) is 8.99. The summed E-state index contributed by atoms with van der Waals surface area (Å²) in [4.78, 5) is 7.09. The van der Waals surface area contributed by atoms with Crippen LogP contribution < -0.4 is 15.2 Å². The van der Waals surface area contributed by atoms with Crippen molar-refractivity contribution in [2.45, 2.75) is 31.7 Å². The molecule has 2 N–H and O–H groups in total. The lowest BCUT2D eigenvalue weighted by Crippen LogP contribution is -2.37. The lowest BCUT2D eigenvalue weighted by atomic mass is 9.84. The molecule has 0 bridgehead atoms. The Morgan fingerprint density at radius 3 is 2.53 bits per heavy atom. The number of nitrogens with two attached hydrogens (primary N) is 1. The smallest absolute Gasteiger partial charge is 0.239 e. The first-order chi connectivity index (χ1) is 16.5. The van der Waals surface area contributed by atoms with Gasteiger partial charge in [-0.15, -0.1) is 5.10 Å². The molecule has 1 aliphatic heterocycles. The average molecular weight is 458 g/mol. The van der Waals surface area contributed by atoms with Gasteiger partial charge in [0.15, 0.2) is 0 Å². The molecule has 2 unspecified atom stereocenters. The van der Waals surface area contributed by atoms with E-state index in [1.807, 2.05) is 40.9 Å². The van der Waals surface area contributed by atoms with Gasteiger partial charge in [0.25, 0.3) is 0 Å². The molecule has 4 aromatic rings. The molecular formula is C27H31N5O2. The molecule has 2 aromatic carbocycles. The van der Waals surface area contributed by atoms with Crippen LogP contribution in [0.5, 0.6) is 11.5 Å². The summed E-state index contributed by atoms with van der Waals surface area (Å²) in [6.07, 6.45) is 2.20. The van der Waals surface area contributed by atoms with E-state index in [4.69, 9.17) is 15.2 Å². The van der Waals surface area contributed by atoms with E-state index in [0.29, 0.717) is 12.0 Å². The van der Waals surface area contributed by atoms with Crippen molar-refractivity contribution in [2.24, 2.45) is 0 Å². The molecule has 7 nitrogen and oxygen atoms in total. The predicted molar refractivity (Wildman–Crippen MR) is 135 cm³/mol. The van der Waals surface area contributed by atoms with Crippen LogP contribution >= 0.6 is 0 Å². The lowest BCUT2D eigenvalue weighted by Gasteiger charge is -2.36. The van der Waals surface area contributed by atoms with Crippen molar-refractivity contribution in [3.05, 3.63) is 60.2 Å². The highest BCUT2D eigenvalue weighted by molar-refractivity contribution is 5.85. The van der Waals surface area contributed by atoms with Crippen LogP contribution in [0.15, 0.2) is 54.6 Å². The minimum atomic E-state index is 0.204. The highest BCUT2D eigenvalue weighted by atomic mass is 16.5. The fourth-order valence-corrected chi connectivity index (χ4v) is 5.13. The van der Waals surface area contributed by atoms with E-state index in [2.05, 4.69) is 47.2 Å². The second-order valence-electron chi connectivity index (χ2n) is 9.01. The zero-order valence-corrected chi connectivity index (χ0v) is 20.2. The van der Waals surface area contributed by atoms with Gasteiger partial charge in [0.1, 0.15) is 17.2 Å². The Bertz CT molecular complexity index is 1330. The van der Waals surface area contributed by atoms with Gasteiger partial charge in [0, 0.05) is 17.2 Å². The molecule has 34 heavy (non-hydrogen) atoms. The molecular weight excluding hydrogens is 426 g/mol. The zero-order valence-electron chi connectivity index (χ0n) is 20.2. The van der Waals surface area contributed by atoms with Crippen LogP contribution in [0.2, 0.25) is 0 Å². The first-order valence-corrected chi connectivity index (χ1v) is 11.7. The van der Waals surface area contributed by atoms with E-state index < -0.39 is 0 Å². The number of methoxy groups -OCH3 is 2. The molecule has 7 heteroatoms. The van der Waals surface area contributed by atoms with Crippen molar-refractivity contribution < 1.29 is 9.47 Å². The van der Waals surface area contributed by atoms with Crippen LogP contribution in [0.4, 0.5) is 5.95 Å². The number of nitrogen functional groups attached to an aromatic ring is 1. The Morgan fingerprint density at radius 1 is 0.971 bits per heavy atom. The van der Waals surface area contributed by atoms with Crippen LogP contribution in [0.3, 0.4) is 0 Å². The summed E-state index contributed by atoms with van der Waals surface area (Å²) in [6.45, 7) is 3.36. The molecule has 0 aliphatic carbocycles. The molecule has 0 spiro atoms. The number of nitrogens with zero attached hydrogens (tertiary/aromatic N) is 4. The summed E-state index contributed by atoms with van der Waals surface area (Å²) in [5, 5.41) is 4.54. The van der Waals surface area contributed by atoms with Gasteiger partial charge < -0.3 is 20.1 Å². The Kier molecular flexibility index (Phi) is 5.87. The van der Waals surface area contributed by atoms with Crippen molar-refractivity contribution in [3.63, 3.8) is 0 Å². The Hall–Kier alpha value is -3.58. The van der Waals surface area contributed by atoms with Gasteiger partial charge in [0.05, 0.1) is 25.4 Å². The first-order valence-electron chi connectivity index (χ1n) is 11.7. The van der Waals surface area contributed by atoms with E-state index in [0.717, 1.165) is 58.9 Å². The molecule has 0 radical (unpaired) electrons. The van der Waals surface area contributed by atoms with Gasteiger partial charge in [-0.2, -0.15) is 0 Å². The summed E-state index contributed by atoms with van der Waals surface area (Å²) in [6, 6.07) is 18.8. The van der Waals surface area contributed by atoms with Crippen molar-refractivity contribution in [1.82, 2.24) is 19.5 Å². The van der Waals surface area contributed by atoms with E-state index in [1.54, 1.807) is 14.2 Å². The van der Waals surface area contributed by atoms with E-state index in [-0.39, 0.29) is 5.95 Å². The molecule has 1 fully saturated rings. The Morgan fingerprint density at radius 2 is 1.76 bits per heavy atom. The number of fused-ring (bicyclic) bond motifs is 1.